The minimum absolute atomic E-state index is 0.0925. The van der Waals surface area contributed by atoms with Crippen molar-refractivity contribution >= 4 is 17.7 Å². The van der Waals surface area contributed by atoms with Gasteiger partial charge in [-0.2, -0.15) is 0 Å². The number of aryl methyl sites for hydroxylation is 1. The normalized spacial score (nSPS) is 18.3. The van der Waals surface area contributed by atoms with Gasteiger partial charge in [0.05, 0.1) is 24.1 Å². The summed E-state index contributed by atoms with van der Waals surface area (Å²) in [5.41, 5.74) is 1.45. The lowest BCUT2D eigenvalue weighted by atomic mass is 9.96. The molecular formula is C15H14NO5-. The maximum Gasteiger partial charge on any atom is 0.290 e. The molecule has 1 N–H and O–H groups in total. The number of carbonyl (C=O) groups is 3. The van der Waals surface area contributed by atoms with Crippen molar-refractivity contribution < 1.29 is 24.6 Å². The van der Waals surface area contributed by atoms with Crippen LogP contribution in [0.4, 0.5) is 0 Å². The number of Topliss-reactive ketones (excluding diaryl/α,β-unsaturated/α-hetero) is 1. The van der Waals surface area contributed by atoms with Crippen LogP contribution in [0.5, 0.6) is 0 Å². The van der Waals surface area contributed by atoms with E-state index < -0.39 is 36.0 Å². The third-order valence-electron chi connectivity index (χ3n) is 3.38. The zero-order valence-corrected chi connectivity index (χ0v) is 11.6. The van der Waals surface area contributed by atoms with Crippen LogP contribution in [0.15, 0.2) is 35.6 Å². The van der Waals surface area contributed by atoms with Crippen molar-refractivity contribution in [1.29, 1.82) is 0 Å². The fraction of sp³-hybridized carbons (Fsp3) is 0.267. The number of carbonyl (C=O) groups excluding carboxylic acids is 3. The first-order valence-electron chi connectivity index (χ1n) is 6.34. The summed E-state index contributed by atoms with van der Waals surface area (Å²) in [4.78, 5) is 35.5. The molecule has 0 radical (unpaired) electrons. The lowest BCUT2D eigenvalue weighted by Gasteiger charge is -2.26. The topological polar surface area (TPSA) is 97.7 Å². The van der Waals surface area contributed by atoms with Crippen LogP contribution in [0.1, 0.15) is 24.1 Å². The highest BCUT2D eigenvalue weighted by atomic mass is 16.4. The smallest absolute Gasteiger partial charge is 0.290 e. The number of carboxylic acids is 1. The van der Waals surface area contributed by atoms with Crippen LogP contribution in [-0.4, -0.2) is 34.2 Å². The summed E-state index contributed by atoms with van der Waals surface area (Å²) >= 11 is 0. The van der Waals surface area contributed by atoms with E-state index in [9.17, 15) is 24.6 Å². The highest BCUT2D eigenvalue weighted by Crippen LogP contribution is 2.37. The Labute approximate surface area is 121 Å². The molecule has 1 aliphatic rings. The Balaban J connectivity index is 2.53. The molecule has 6 heteroatoms. The number of aliphatic hydroxyl groups is 1. The number of hydrogen-bond acceptors (Lipinski definition) is 5. The summed E-state index contributed by atoms with van der Waals surface area (Å²) in [6.07, 6.45) is 0. The molecule has 1 aromatic carbocycles. The Morgan fingerprint density at radius 2 is 1.86 bits per heavy atom. The summed E-state index contributed by atoms with van der Waals surface area (Å²) < 4.78 is 0. The van der Waals surface area contributed by atoms with Gasteiger partial charge in [0.25, 0.3) is 5.91 Å². The number of benzene rings is 1. The van der Waals surface area contributed by atoms with E-state index in [0.717, 1.165) is 10.5 Å². The third kappa shape index (κ3) is 2.65. The van der Waals surface area contributed by atoms with Crippen molar-refractivity contribution in [3.05, 3.63) is 46.7 Å². The van der Waals surface area contributed by atoms with Crippen LogP contribution in [0.2, 0.25) is 0 Å². The summed E-state index contributed by atoms with van der Waals surface area (Å²) in [7, 11) is 0. The predicted octanol–water partition coefficient (Wildman–Crippen LogP) is 0.0293. The minimum Gasteiger partial charge on any atom is -0.548 e. The molecule has 0 spiro atoms. The Morgan fingerprint density at radius 3 is 2.33 bits per heavy atom. The molecule has 0 unspecified atom stereocenters. The van der Waals surface area contributed by atoms with Crippen molar-refractivity contribution in [1.82, 2.24) is 4.90 Å². The van der Waals surface area contributed by atoms with Crippen molar-refractivity contribution in [3.63, 3.8) is 0 Å². The predicted molar refractivity (Wildman–Crippen MR) is 71.0 cm³/mol. The molecule has 110 valence electrons. The van der Waals surface area contributed by atoms with Crippen molar-refractivity contribution in [2.45, 2.75) is 19.9 Å². The standard InChI is InChI=1S/C15H15NO5/c1-8-3-5-10(6-4-8)13-12(9(2)17)14(20)15(21)16(13)7-11(18)19/h3-6,13,20H,7H2,1-2H3,(H,18,19)/p-1/t13-/m1/s1. The fourth-order valence-corrected chi connectivity index (χ4v) is 2.41. The molecule has 1 aliphatic heterocycles. The Bertz CT molecular complexity index is 645. The van der Waals surface area contributed by atoms with Crippen LogP contribution >= 0.6 is 0 Å². The summed E-state index contributed by atoms with van der Waals surface area (Å²) in [6, 6.07) is 6.04. The van der Waals surface area contributed by atoms with Crippen LogP contribution in [0, 0.1) is 6.92 Å². The second-order valence-corrected chi connectivity index (χ2v) is 4.94. The van der Waals surface area contributed by atoms with Gasteiger partial charge in [0, 0.05) is 0 Å². The number of aliphatic hydroxyl groups excluding tert-OH is 1. The van der Waals surface area contributed by atoms with Gasteiger partial charge in [-0.05, 0) is 19.4 Å². The van der Waals surface area contributed by atoms with Crippen molar-refractivity contribution in [2.75, 3.05) is 6.54 Å². The number of aliphatic carboxylic acids is 1. The van der Waals surface area contributed by atoms with E-state index >= 15 is 0 Å². The molecule has 1 heterocycles. The highest BCUT2D eigenvalue weighted by molar-refractivity contribution is 6.08. The van der Waals surface area contributed by atoms with Gasteiger partial charge in [-0.1, -0.05) is 29.8 Å². The van der Waals surface area contributed by atoms with Crippen LogP contribution in [0.25, 0.3) is 0 Å². The molecule has 1 amide bonds. The number of amides is 1. The Kier molecular flexibility index (Phi) is 3.80. The monoisotopic (exact) mass is 288 g/mol. The average molecular weight is 288 g/mol. The van der Waals surface area contributed by atoms with E-state index in [0.29, 0.717) is 5.56 Å². The van der Waals surface area contributed by atoms with E-state index in [2.05, 4.69) is 0 Å². The molecule has 1 atom stereocenters. The van der Waals surface area contributed by atoms with Gasteiger partial charge in [-0.15, -0.1) is 0 Å². The number of ketones is 1. The first-order valence-corrected chi connectivity index (χ1v) is 6.34. The van der Waals surface area contributed by atoms with Crippen LogP contribution < -0.4 is 5.11 Å². The SMILES string of the molecule is CC(=O)C1=C(O)C(=O)N(CC(=O)[O-])[C@@H]1c1ccc(C)cc1. The van der Waals surface area contributed by atoms with Crippen molar-refractivity contribution in [3.8, 4) is 0 Å². The first-order chi connectivity index (χ1) is 9.82. The highest BCUT2D eigenvalue weighted by Gasteiger charge is 2.42. The summed E-state index contributed by atoms with van der Waals surface area (Å²) in [5, 5.41) is 20.7. The van der Waals surface area contributed by atoms with E-state index in [1.54, 1.807) is 24.3 Å². The largest absolute Gasteiger partial charge is 0.548 e. The number of nitrogens with zero attached hydrogens (tertiary/aromatic N) is 1. The van der Waals surface area contributed by atoms with Crippen LogP contribution in [0.3, 0.4) is 0 Å². The van der Waals surface area contributed by atoms with Gasteiger partial charge in [0.15, 0.2) is 11.5 Å². The molecule has 21 heavy (non-hydrogen) atoms. The summed E-state index contributed by atoms with van der Waals surface area (Å²) in [6.45, 7) is 2.41. The molecule has 2 rings (SSSR count). The number of hydrogen-bond donors (Lipinski definition) is 1. The zero-order valence-electron chi connectivity index (χ0n) is 11.6. The van der Waals surface area contributed by atoms with Gasteiger partial charge in [0.2, 0.25) is 0 Å². The lowest BCUT2D eigenvalue weighted by molar-refractivity contribution is -0.306. The fourth-order valence-electron chi connectivity index (χ4n) is 2.41. The van der Waals surface area contributed by atoms with E-state index in [1.165, 1.54) is 6.92 Å². The molecule has 0 saturated carbocycles. The molecule has 0 aromatic heterocycles. The minimum atomic E-state index is -1.46. The second kappa shape index (κ2) is 5.40. The van der Waals surface area contributed by atoms with E-state index in [1.807, 2.05) is 6.92 Å². The third-order valence-corrected chi connectivity index (χ3v) is 3.38. The molecule has 0 fully saturated rings. The van der Waals surface area contributed by atoms with Gasteiger partial charge >= 0.3 is 0 Å². The Morgan fingerprint density at radius 1 is 1.29 bits per heavy atom. The van der Waals surface area contributed by atoms with Crippen molar-refractivity contribution in [2.24, 2.45) is 0 Å². The molecule has 6 nitrogen and oxygen atoms in total. The molecule has 1 aromatic rings. The van der Waals surface area contributed by atoms with E-state index in [4.69, 9.17) is 0 Å². The number of rotatable bonds is 4. The molecule has 0 bridgehead atoms. The second-order valence-electron chi connectivity index (χ2n) is 4.94. The van der Waals surface area contributed by atoms with Gasteiger partial charge in [0.1, 0.15) is 0 Å². The maximum absolute atomic E-state index is 12.0. The van der Waals surface area contributed by atoms with Gasteiger partial charge < -0.3 is 19.9 Å². The average Bonchev–Trinajstić information content (AvgIpc) is 2.64. The molecule has 0 saturated heterocycles. The van der Waals surface area contributed by atoms with Gasteiger partial charge in [-0.3, -0.25) is 9.59 Å². The quantitative estimate of drug-likeness (QED) is 0.843. The van der Waals surface area contributed by atoms with E-state index in [-0.39, 0.29) is 5.57 Å². The molecular weight excluding hydrogens is 274 g/mol. The lowest BCUT2D eigenvalue weighted by Crippen LogP contribution is -2.41. The zero-order chi connectivity index (χ0) is 15.7. The summed E-state index contributed by atoms with van der Waals surface area (Å²) in [5.74, 6) is -3.52. The molecule has 0 aliphatic carbocycles. The van der Waals surface area contributed by atoms with Crippen LogP contribution in [-0.2, 0) is 14.4 Å². The number of carboxylic acid groups (broad SMARTS) is 1. The van der Waals surface area contributed by atoms with Gasteiger partial charge in [-0.25, -0.2) is 0 Å². The first kappa shape index (κ1) is 14.8. The maximum atomic E-state index is 12.0. The Hall–Kier alpha value is -2.63.